The van der Waals surface area contributed by atoms with Crippen LogP contribution in [0.5, 0.6) is 11.5 Å². The van der Waals surface area contributed by atoms with Gasteiger partial charge in [-0.1, -0.05) is 0 Å². The van der Waals surface area contributed by atoms with Gasteiger partial charge in [0.15, 0.2) is 5.75 Å². The molecule has 0 fully saturated rings. The Bertz CT molecular complexity index is 577. The monoisotopic (exact) mass is 231 g/mol. The fraction of sp³-hybridized carbons (Fsp3) is 0. The maximum absolute atomic E-state index is 10.5. The molecule has 0 aliphatic carbocycles. The summed E-state index contributed by atoms with van der Waals surface area (Å²) in [5.41, 5.74) is -0.902. The van der Waals surface area contributed by atoms with Gasteiger partial charge in [-0.25, -0.2) is 0 Å². The molecule has 0 saturated carbocycles. The van der Waals surface area contributed by atoms with Crippen molar-refractivity contribution in [1.29, 1.82) is 10.5 Å². The van der Waals surface area contributed by atoms with Gasteiger partial charge in [0.2, 0.25) is 5.75 Å². The van der Waals surface area contributed by atoms with Crippen LogP contribution in [0.25, 0.3) is 6.08 Å². The largest absolute Gasteiger partial charge is 0.504 e. The molecule has 0 amide bonds. The molecule has 7 heteroatoms. The summed E-state index contributed by atoms with van der Waals surface area (Å²) in [4.78, 5) is 9.65. The molecule has 17 heavy (non-hydrogen) atoms. The lowest BCUT2D eigenvalue weighted by molar-refractivity contribution is -0.386. The number of nitriles is 2. The van der Waals surface area contributed by atoms with Crippen LogP contribution in [0.3, 0.4) is 0 Å². The maximum Gasteiger partial charge on any atom is 0.315 e. The van der Waals surface area contributed by atoms with Gasteiger partial charge < -0.3 is 10.2 Å². The van der Waals surface area contributed by atoms with Crippen LogP contribution in [0, 0.1) is 32.8 Å². The zero-order valence-corrected chi connectivity index (χ0v) is 8.28. The van der Waals surface area contributed by atoms with Crippen LogP contribution < -0.4 is 0 Å². The number of nitro benzene ring substituents is 1. The summed E-state index contributed by atoms with van der Waals surface area (Å²) in [6.45, 7) is 0. The second-order valence-corrected chi connectivity index (χ2v) is 2.95. The van der Waals surface area contributed by atoms with Gasteiger partial charge in [0.05, 0.1) is 4.92 Å². The number of hydrogen-bond donors (Lipinski definition) is 2. The van der Waals surface area contributed by atoms with E-state index in [1.807, 2.05) is 0 Å². The van der Waals surface area contributed by atoms with Crippen LogP contribution in [-0.4, -0.2) is 15.1 Å². The quantitative estimate of drug-likeness (QED) is 0.342. The van der Waals surface area contributed by atoms with Gasteiger partial charge in [0.25, 0.3) is 0 Å². The summed E-state index contributed by atoms with van der Waals surface area (Å²) in [5, 5.41) is 46.0. The molecule has 1 aromatic carbocycles. The van der Waals surface area contributed by atoms with Crippen molar-refractivity contribution in [3.8, 4) is 23.6 Å². The fourth-order valence-electron chi connectivity index (χ4n) is 1.10. The minimum atomic E-state index is -0.884. The Balaban J connectivity index is 3.41. The van der Waals surface area contributed by atoms with Crippen LogP contribution >= 0.6 is 0 Å². The molecule has 0 aliphatic rings. The molecule has 7 nitrogen and oxygen atoms in total. The third-order valence-electron chi connectivity index (χ3n) is 1.84. The number of hydrogen-bond acceptors (Lipinski definition) is 6. The molecule has 0 aromatic heterocycles. The lowest BCUT2D eigenvalue weighted by Crippen LogP contribution is -1.90. The predicted molar refractivity (Wildman–Crippen MR) is 55.6 cm³/mol. The number of phenolic OH excluding ortho intramolecular Hbond substituents is 2. The van der Waals surface area contributed by atoms with Crippen molar-refractivity contribution in [3.63, 3.8) is 0 Å². The first-order valence-corrected chi connectivity index (χ1v) is 4.22. The number of nitro groups is 1. The molecule has 0 atom stereocenters. The molecule has 0 aliphatic heterocycles. The van der Waals surface area contributed by atoms with Crippen molar-refractivity contribution in [2.75, 3.05) is 0 Å². The number of nitrogens with zero attached hydrogens (tertiary/aromatic N) is 3. The van der Waals surface area contributed by atoms with Crippen molar-refractivity contribution in [2.45, 2.75) is 0 Å². The van der Waals surface area contributed by atoms with E-state index in [1.54, 1.807) is 12.1 Å². The summed E-state index contributed by atoms with van der Waals surface area (Å²) in [5.74, 6) is -1.55. The van der Waals surface area contributed by atoms with Crippen LogP contribution in [0.2, 0.25) is 0 Å². The van der Waals surface area contributed by atoms with Gasteiger partial charge in [-0.2, -0.15) is 10.5 Å². The highest BCUT2D eigenvalue weighted by Gasteiger charge is 2.18. The van der Waals surface area contributed by atoms with Gasteiger partial charge in [0, 0.05) is 6.07 Å². The highest BCUT2D eigenvalue weighted by atomic mass is 16.6. The van der Waals surface area contributed by atoms with Crippen molar-refractivity contribution in [1.82, 2.24) is 0 Å². The van der Waals surface area contributed by atoms with Crippen molar-refractivity contribution in [2.24, 2.45) is 0 Å². The Morgan fingerprint density at radius 1 is 1.35 bits per heavy atom. The minimum absolute atomic E-state index is 0.0742. The van der Waals surface area contributed by atoms with Gasteiger partial charge in [-0.15, -0.1) is 0 Å². The number of rotatable bonds is 2. The van der Waals surface area contributed by atoms with Gasteiger partial charge in [0.1, 0.15) is 17.7 Å². The van der Waals surface area contributed by atoms with E-state index in [0.29, 0.717) is 0 Å². The normalized spacial score (nSPS) is 8.82. The summed E-state index contributed by atoms with van der Waals surface area (Å²) in [6, 6.07) is 5.10. The van der Waals surface area contributed by atoms with Crippen LogP contribution in [0.15, 0.2) is 17.7 Å². The molecule has 2 N–H and O–H groups in total. The lowest BCUT2D eigenvalue weighted by atomic mass is 10.1. The first-order chi connectivity index (χ1) is 7.99. The second kappa shape index (κ2) is 4.64. The fourth-order valence-corrected chi connectivity index (χ4v) is 1.10. The van der Waals surface area contributed by atoms with E-state index in [2.05, 4.69) is 0 Å². The number of benzene rings is 1. The van der Waals surface area contributed by atoms with E-state index in [1.165, 1.54) is 0 Å². The zero-order valence-electron chi connectivity index (χ0n) is 8.28. The SMILES string of the molecule is N#CC(C#N)=Cc1cc(O)c(O)c([N+](=O)[O-])c1. The van der Waals surface area contributed by atoms with E-state index in [0.717, 1.165) is 18.2 Å². The predicted octanol–water partition coefficient (Wildman–Crippen LogP) is 1.44. The summed E-state index contributed by atoms with van der Waals surface area (Å²) in [7, 11) is 0. The Labute approximate surface area is 95.2 Å². The van der Waals surface area contributed by atoms with Crippen LogP contribution in [0.4, 0.5) is 5.69 Å². The average Bonchev–Trinajstić information content (AvgIpc) is 2.29. The van der Waals surface area contributed by atoms with Crippen LogP contribution in [0.1, 0.15) is 5.56 Å². The molecule has 1 aromatic rings. The molecule has 0 radical (unpaired) electrons. The molecule has 0 unspecified atom stereocenters. The summed E-state index contributed by atoms with van der Waals surface area (Å²) in [6.07, 6.45) is 1.06. The first kappa shape index (κ1) is 12.0. The topological polar surface area (TPSA) is 131 Å². The van der Waals surface area contributed by atoms with Crippen molar-refractivity contribution < 1.29 is 15.1 Å². The van der Waals surface area contributed by atoms with E-state index < -0.39 is 22.1 Å². The van der Waals surface area contributed by atoms with E-state index in [4.69, 9.17) is 10.5 Å². The smallest absolute Gasteiger partial charge is 0.315 e. The van der Waals surface area contributed by atoms with Crippen molar-refractivity contribution >= 4 is 11.8 Å². The first-order valence-electron chi connectivity index (χ1n) is 4.22. The second-order valence-electron chi connectivity index (χ2n) is 2.95. The van der Waals surface area contributed by atoms with Crippen molar-refractivity contribution in [3.05, 3.63) is 33.4 Å². The molecule has 0 bridgehead atoms. The van der Waals surface area contributed by atoms with E-state index >= 15 is 0 Å². The molecule has 0 saturated heterocycles. The molecular weight excluding hydrogens is 226 g/mol. The molecule has 0 heterocycles. The third-order valence-corrected chi connectivity index (χ3v) is 1.84. The average molecular weight is 231 g/mol. The Morgan fingerprint density at radius 3 is 2.41 bits per heavy atom. The van der Waals surface area contributed by atoms with Gasteiger partial charge >= 0.3 is 5.69 Å². The minimum Gasteiger partial charge on any atom is -0.504 e. The van der Waals surface area contributed by atoms with E-state index in [9.17, 15) is 20.3 Å². The third kappa shape index (κ3) is 2.49. The van der Waals surface area contributed by atoms with Gasteiger partial charge in [-0.05, 0) is 17.7 Å². The number of phenols is 2. The van der Waals surface area contributed by atoms with Crippen LogP contribution in [-0.2, 0) is 0 Å². The molecule has 1 rings (SSSR count). The zero-order chi connectivity index (χ0) is 13.0. The van der Waals surface area contributed by atoms with Gasteiger partial charge in [-0.3, -0.25) is 10.1 Å². The number of aromatic hydroxyl groups is 2. The molecule has 84 valence electrons. The Hall–Kier alpha value is -3.06. The Kier molecular flexibility index (Phi) is 3.28. The molecule has 0 spiro atoms. The summed E-state index contributed by atoms with van der Waals surface area (Å²) < 4.78 is 0. The van der Waals surface area contributed by atoms with E-state index in [-0.39, 0.29) is 11.1 Å². The Morgan fingerprint density at radius 2 is 1.94 bits per heavy atom. The molecular formula is C10H5N3O4. The lowest BCUT2D eigenvalue weighted by Gasteiger charge is -2.00. The highest BCUT2D eigenvalue weighted by Crippen LogP contribution is 2.36. The highest BCUT2D eigenvalue weighted by molar-refractivity contribution is 5.68. The number of allylic oxidation sites excluding steroid dienone is 1. The summed E-state index contributed by atoms with van der Waals surface area (Å²) >= 11 is 0. The standard InChI is InChI=1S/C10H5N3O4/c11-4-7(5-12)1-6-2-8(13(16)17)10(15)9(14)3-6/h1-3,14-15H. The maximum atomic E-state index is 10.5.